The maximum absolute atomic E-state index is 12.2. The first kappa shape index (κ1) is 17.2. The second-order valence-corrected chi connectivity index (χ2v) is 6.34. The predicted molar refractivity (Wildman–Crippen MR) is 82.8 cm³/mol. The highest BCUT2D eigenvalue weighted by Crippen LogP contribution is 2.20. The smallest absolute Gasteiger partial charge is 0.426 e. The van der Waals surface area contributed by atoms with E-state index >= 15 is 0 Å². The first-order valence-electron chi connectivity index (χ1n) is 8.13. The summed E-state index contributed by atoms with van der Waals surface area (Å²) in [6.45, 7) is 2.36. The molecule has 1 aliphatic carbocycles. The fourth-order valence-electron chi connectivity index (χ4n) is 3.47. The zero-order valence-corrected chi connectivity index (χ0v) is 13.1. The lowest BCUT2D eigenvalue weighted by Gasteiger charge is -2.30. The molecule has 124 valence electrons. The number of nitrogens with one attached hydrogen (secondary N) is 2. The predicted octanol–water partition coefficient (Wildman–Crippen LogP) is -0.974. The Labute approximate surface area is 131 Å². The molecule has 0 unspecified atom stereocenters. The van der Waals surface area contributed by atoms with Crippen LogP contribution in [0.3, 0.4) is 0 Å². The number of rotatable bonds is 5. The van der Waals surface area contributed by atoms with Crippen LogP contribution in [0.4, 0.5) is 0 Å². The molecule has 2 amide bonds. The van der Waals surface area contributed by atoms with Crippen LogP contribution in [0.5, 0.6) is 0 Å². The van der Waals surface area contributed by atoms with E-state index in [4.69, 9.17) is 0 Å². The number of amides is 2. The van der Waals surface area contributed by atoms with Crippen molar-refractivity contribution in [1.82, 2.24) is 15.5 Å². The molecule has 0 aromatic carbocycles. The Morgan fingerprint density at radius 2 is 1.77 bits per heavy atom. The molecule has 2 fully saturated rings. The first-order valence-corrected chi connectivity index (χ1v) is 8.13. The Bertz CT molecular complexity index is 400. The van der Waals surface area contributed by atoms with E-state index in [1.54, 1.807) is 4.90 Å². The van der Waals surface area contributed by atoms with Crippen molar-refractivity contribution >= 4 is 18.9 Å². The highest BCUT2D eigenvalue weighted by Gasteiger charge is 2.36. The van der Waals surface area contributed by atoms with Crippen LogP contribution < -0.4 is 10.6 Å². The van der Waals surface area contributed by atoms with Crippen molar-refractivity contribution in [3.8, 4) is 0 Å². The van der Waals surface area contributed by atoms with Crippen molar-refractivity contribution in [2.24, 2.45) is 0 Å². The second kappa shape index (κ2) is 7.94. The van der Waals surface area contributed by atoms with E-state index in [0.29, 0.717) is 13.0 Å². The molecule has 2 aliphatic rings. The molecule has 0 aromatic heterocycles. The van der Waals surface area contributed by atoms with Crippen LogP contribution in [-0.4, -0.2) is 65.0 Å². The van der Waals surface area contributed by atoms with E-state index in [2.05, 4.69) is 10.6 Å². The Hall–Kier alpha value is -1.12. The fourth-order valence-corrected chi connectivity index (χ4v) is 3.47. The van der Waals surface area contributed by atoms with Crippen molar-refractivity contribution < 1.29 is 19.6 Å². The van der Waals surface area contributed by atoms with Gasteiger partial charge in [-0.25, -0.2) is 0 Å². The third kappa shape index (κ3) is 4.69. The molecule has 1 saturated carbocycles. The highest BCUT2D eigenvalue weighted by atomic mass is 16.4. The van der Waals surface area contributed by atoms with Crippen LogP contribution in [0.1, 0.15) is 45.4 Å². The summed E-state index contributed by atoms with van der Waals surface area (Å²) < 4.78 is 0. The molecule has 1 heterocycles. The zero-order chi connectivity index (χ0) is 16.1. The van der Waals surface area contributed by atoms with Crippen LogP contribution in [0.2, 0.25) is 0 Å². The van der Waals surface area contributed by atoms with Gasteiger partial charge < -0.3 is 25.6 Å². The third-order valence-electron chi connectivity index (χ3n) is 4.64. The molecule has 22 heavy (non-hydrogen) atoms. The molecule has 0 aromatic rings. The third-order valence-corrected chi connectivity index (χ3v) is 4.64. The maximum Gasteiger partial charge on any atom is 0.475 e. The van der Waals surface area contributed by atoms with Crippen molar-refractivity contribution in [1.29, 1.82) is 0 Å². The van der Waals surface area contributed by atoms with Crippen molar-refractivity contribution in [3.05, 3.63) is 0 Å². The normalized spacial score (nSPS) is 28.5. The molecule has 1 saturated heterocycles. The summed E-state index contributed by atoms with van der Waals surface area (Å²) in [5.74, 6) is -0.529. The average Bonchev–Trinajstić information content (AvgIpc) is 2.95. The highest BCUT2D eigenvalue weighted by molar-refractivity contribution is 6.43. The van der Waals surface area contributed by atoms with Gasteiger partial charge in [-0.15, -0.1) is 0 Å². The Morgan fingerprint density at radius 1 is 1.14 bits per heavy atom. The quantitative estimate of drug-likeness (QED) is 0.489. The van der Waals surface area contributed by atoms with Gasteiger partial charge in [0.05, 0.1) is 12.5 Å². The lowest BCUT2D eigenvalue weighted by molar-refractivity contribution is -0.130. The molecule has 0 radical (unpaired) electrons. The Morgan fingerprint density at radius 3 is 2.36 bits per heavy atom. The number of carbonyl (C=O) groups excluding carboxylic acids is 2. The van der Waals surface area contributed by atoms with Crippen molar-refractivity contribution in [2.45, 2.75) is 63.5 Å². The monoisotopic (exact) mass is 311 g/mol. The van der Waals surface area contributed by atoms with Crippen LogP contribution in [0.25, 0.3) is 0 Å². The Kier molecular flexibility index (Phi) is 6.22. The van der Waals surface area contributed by atoms with Gasteiger partial charge in [0.1, 0.15) is 0 Å². The molecule has 1 aliphatic heterocycles. The molecule has 8 heteroatoms. The van der Waals surface area contributed by atoms with Gasteiger partial charge in [-0.2, -0.15) is 0 Å². The van der Waals surface area contributed by atoms with Crippen LogP contribution in [-0.2, 0) is 9.59 Å². The molecular formula is C14H26BN3O4. The summed E-state index contributed by atoms with van der Waals surface area (Å²) in [7, 11) is -1.46. The molecule has 7 nitrogen and oxygen atoms in total. The molecule has 0 spiro atoms. The minimum Gasteiger partial charge on any atom is -0.426 e. The molecule has 2 rings (SSSR count). The summed E-state index contributed by atoms with van der Waals surface area (Å²) in [4.78, 5) is 24.8. The molecule has 1 atom stereocenters. The topological polar surface area (TPSA) is 102 Å². The van der Waals surface area contributed by atoms with Gasteiger partial charge in [-0.1, -0.05) is 0 Å². The second-order valence-electron chi connectivity index (χ2n) is 6.34. The minimum atomic E-state index is -1.46. The summed E-state index contributed by atoms with van der Waals surface area (Å²) in [6, 6.07) is 0.535. The molecular weight excluding hydrogens is 285 g/mol. The number of likely N-dealkylation sites (tertiary alicyclic amines) is 1. The first-order chi connectivity index (χ1) is 10.5. The maximum atomic E-state index is 12.2. The molecule has 4 N–H and O–H groups in total. The largest absolute Gasteiger partial charge is 0.475 e. The van der Waals surface area contributed by atoms with Gasteiger partial charge in [0.2, 0.25) is 11.8 Å². The van der Waals surface area contributed by atoms with E-state index in [-0.39, 0.29) is 30.4 Å². The van der Waals surface area contributed by atoms with Crippen molar-refractivity contribution in [2.75, 3.05) is 13.1 Å². The van der Waals surface area contributed by atoms with E-state index in [0.717, 1.165) is 32.1 Å². The lowest BCUT2D eigenvalue weighted by atomic mass is 9.78. The average molecular weight is 311 g/mol. The van der Waals surface area contributed by atoms with Gasteiger partial charge in [-0.3, -0.25) is 9.59 Å². The van der Waals surface area contributed by atoms with Gasteiger partial charge >= 0.3 is 7.12 Å². The number of hydrogen-bond acceptors (Lipinski definition) is 5. The van der Waals surface area contributed by atoms with Crippen LogP contribution >= 0.6 is 0 Å². The standard InChI is InChI=1S/C14H26BN3O4/c1-10(19)17-12-6-4-11(5-7-12)16-9-14(20)18-8-2-3-13(18)15(21)22/h11-13,16,21-22H,2-9H2,1H3,(H,17,19)/t11?,12?,13-/m0/s1. The SMILES string of the molecule is CC(=O)NC1CCC(NCC(=O)N2CCC[C@H]2B(O)O)CC1. The zero-order valence-electron chi connectivity index (χ0n) is 13.1. The fraction of sp³-hybridized carbons (Fsp3) is 0.857. The van der Waals surface area contributed by atoms with E-state index in [9.17, 15) is 19.6 Å². The van der Waals surface area contributed by atoms with Crippen LogP contribution in [0, 0.1) is 0 Å². The summed E-state index contributed by atoms with van der Waals surface area (Å²) in [5.41, 5.74) is 0. The van der Waals surface area contributed by atoms with E-state index in [1.807, 2.05) is 0 Å². The minimum absolute atomic E-state index is 0.00854. The number of hydrogen-bond donors (Lipinski definition) is 4. The van der Waals surface area contributed by atoms with Gasteiger partial charge in [-0.05, 0) is 38.5 Å². The summed E-state index contributed by atoms with van der Waals surface area (Å²) in [5, 5.41) is 24.8. The van der Waals surface area contributed by atoms with E-state index < -0.39 is 13.1 Å². The molecule has 0 bridgehead atoms. The summed E-state index contributed by atoms with van der Waals surface area (Å²) >= 11 is 0. The van der Waals surface area contributed by atoms with Gasteiger partial charge in [0.25, 0.3) is 0 Å². The number of carbonyl (C=O) groups is 2. The number of nitrogens with zero attached hydrogens (tertiary/aromatic N) is 1. The van der Waals surface area contributed by atoms with E-state index in [1.165, 1.54) is 6.92 Å². The lowest BCUT2D eigenvalue weighted by Crippen LogP contribution is -2.50. The van der Waals surface area contributed by atoms with Gasteiger partial charge in [0.15, 0.2) is 0 Å². The van der Waals surface area contributed by atoms with Crippen molar-refractivity contribution in [3.63, 3.8) is 0 Å². The van der Waals surface area contributed by atoms with Gasteiger partial charge in [0, 0.05) is 25.6 Å². The summed E-state index contributed by atoms with van der Waals surface area (Å²) in [6.07, 6.45) is 5.18. The Balaban J connectivity index is 1.70. The van der Waals surface area contributed by atoms with Crippen LogP contribution in [0.15, 0.2) is 0 Å².